The van der Waals surface area contributed by atoms with Crippen molar-refractivity contribution < 1.29 is 13.3 Å². The molecule has 4 rings (SSSR count). The van der Waals surface area contributed by atoms with Crippen molar-refractivity contribution in [1.29, 1.82) is 0 Å². The molecule has 0 saturated heterocycles. The van der Waals surface area contributed by atoms with Gasteiger partial charge in [0.05, 0.1) is 15.5 Å². The van der Waals surface area contributed by atoms with E-state index < -0.39 is 14.9 Å². The van der Waals surface area contributed by atoms with Gasteiger partial charge in [-0.1, -0.05) is 48.5 Å². The van der Waals surface area contributed by atoms with Crippen LogP contribution in [0.3, 0.4) is 0 Å². The van der Waals surface area contributed by atoms with E-state index in [1.54, 1.807) is 25.1 Å². The molecule has 0 aliphatic carbocycles. The minimum absolute atomic E-state index is 0.171. The molecule has 0 spiro atoms. The van der Waals surface area contributed by atoms with Crippen LogP contribution in [0.5, 0.6) is 0 Å². The van der Waals surface area contributed by atoms with E-state index in [9.17, 15) is 18.5 Å². The molecule has 0 fully saturated rings. The van der Waals surface area contributed by atoms with E-state index in [4.69, 9.17) is 0 Å². The molecule has 1 N–H and O–H groups in total. The maximum atomic E-state index is 12.8. The Balaban J connectivity index is 1.61. The number of sulfonamides is 1. The van der Waals surface area contributed by atoms with Crippen molar-refractivity contribution in [3.8, 4) is 21.8 Å². The van der Waals surface area contributed by atoms with Crippen LogP contribution in [0.2, 0.25) is 0 Å². The lowest BCUT2D eigenvalue weighted by atomic mass is 10.1. The van der Waals surface area contributed by atoms with Gasteiger partial charge in [0.2, 0.25) is 0 Å². The fourth-order valence-corrected chi connectivity index (χ4v) is 4.93. The van der Waals surface area contributed by atoms with Crippen LogP contribution >= 0.6 is 11.3 Å². The Morgan fingerprint density at radius 3 is 2.45 bits per heavy atom. The summed E-state index contributed by atoms with van der Waals surface area (Å²) in [6.07, 6.45) is 0. The number of hydrogen-bond donors (Lipinski definition) is 1. The number of nitrogens with one attached hydrogen (secondary N) is 1. The second-order valence-electron chi connectivity index (χ2n) is 6.80. The first kappa shape index (κ1) is 20.7. The predicted octanol–water partition coefficient (Wildman–Crippen LogP) is 5.49. The average molecular weight is 452 g/mol. The molecule has 0 aliphatic rings. The molecule has 1 aromatic heterocycles. The van der Waals surface area contributed by atoms with Gasteiger partial charge in [0.15, 0.2) is 0 Å². The summed E-state index contributed by atoms with van der Waals surface area (Å²) in [4.78, 5) is 15.0. The summed E-state index contributed by atoms with van der Waals surface area (Å²) in [7, 11) is -4.00. The van der Waals surface area contributed by atoms with Crippen molar-refractivity contribution in [2.75, 3.05) is 4.72 Å². The lowest BCUT2D eigenvalue weighted by molar-refractivity contribution is -0.385. The van der Waals surface area contributed by atoms with E-state index in [0.717, 1.165) is 27.9 Å². The van der Waals surface area contributed by atoms with Crippen LogP contribution < -0.4 is 4.72 Å². The molecular weight excluding hydrogens is 434 g/mol. The van der Waals surface area contributed by atoms with Crippen molar-refractivity contribution in [2.45, 2.75) is 11.8 Å². The molecule has 156 valence electrons. The monoisotopic (exact) mass is 451 g/mol. The zero-order chi connectivity index (χ0) is 22.0. The molecule has 31 heavy (non-hydrogen) atoms. The van der Waals surface area contributed by atoms with E-state index >= 15 is 0 Å². The molecule has 0 bridgehead atoms. The van der Waals surface area contributed by atoms with Crippen molar-refractivity contribution in [1.82, 2.24) is 4.98 Å². The minimum atomic E-state index is -4.00. The van der Waals surface area contributed by atoms with Crippen LogP contribution in [0.4, 0.5) is 11.4 Å². The molecule has 0 aliphatic heterocycles. The fraction of sp³-hybridized carbons (Fsp3) is 0.0455. The SMILES string of the molecule is Cc1ccc(S(=O)(=O)Nc2cccc(-c3csc(-c4ccccc4)n3)c2)cc1[N+](=O)[O-]. The summed E-state index contributed by atoms with van der Waals surface area (Å²) in [5.41, 5.74) is 2.99. The smallest absolute Gasteiger partial charge is 0.273 e. The lowest BCUT2D eigenvalue weighted by Crippen LogP contribution is -2.13. The molecule has 0 radical (unpaired) electrons. The molecule has 3 aromatic carbocycles. The number of benzene rings is 3. The van der Waals surface area contributed by atoms with Crippen molar-refractivity contribution in [3.05, 3.63) is 93.9 Å². The van der Waals surface area contributed by atoms with Gasteiger partial charge in [-0.25, -0.2) is 13.4 Å². The summed E-state index contributed by atoms with van der Waals surface area (Å²) < 4.78 is 28.0. The highest BCUT2D eigenvalue weighted by Crippen LogP contribution is 2.30. The van der Waals surface area contributed by atoms with E-state index in [1.807, 2.05) is 41.8 Å². The molecule has 9 heteroatoms. The minimum Gasteiger partial charge on any atom is -0.280 e. The molecule has 0 unspecified atom stereocenters. The first-order chi connectivity index (χ1) is 14.8. The topological polar surface area (TPSA) is 102 Å². The van der Waals surface area contributed by atoms with Crippen molar-refractivity contribution in [3.63, 3.8) is 0 Å². The number of nitro groups is 1. The summed E-state index contributed by atoms with van der Waals surface area (Å²) in [6, 6.07) is 20.5. The summed E-state index contributed by atoms with van der Waals surface area (Å²) in [6.45, 7) is 1.56. The van der Waals surface area contributed by atoms with E-state index in [1.165, 1.54) is 23.5 Å². The molecule has 4 aromatic rings. The third-order valence-electron chi connectivity index (χ3n) is 4.62. The molecule has 7 nitrogen and oxygen atoms in total. The maximum absolute atomic E-state index is 12.8. The van der Waals surface area contributed by atoms with Gasteiger partial charge in [-0.15, -0.1) is 11.3 Å². The van der Waals surface area contributed by atoms with E-state index in [-0.39, 0.29) is 10.6 Å². The van der Waals surface area contributed by atoms with Gasteiger partial charge in [-0.05, 0) is 25.1 Å². The summed E-state index contributed by atoms with van der Waals surface area (Å²) in [5.74, 6) is 0. The third-order valence-corrected chi connectivity index (χ3v) is 6.89. The fourth-order valence-electron chi connectivity index (χ4n) is 3.03. The van der Waals surface area contributed by atoms with Crippen molar-refractivity contribution in [2.24, 2.45) is 0 Å². The van der Waals surface area contributed by atoms with Gasteiger partial charge in [-0.2, -0.15) is 0 Å². The Morgan fingerprint density at radius 1 is 0.968 bits per heavy atom. The van der Waals surface area contributed by atoms with Crippen LogP contribution in [-0.2, 0) is 10.0 Å². The van der Waals surface area contributed by atoms with Gasteiger partial charge in [0, 0.05) is 33.8 Å². The largest absolute Gasteiger partial charge is 0.280 e. The van der Waals surface area contributed by atoms with Crippen LogP contribution in [0.15, 0.2) is 83.1 Å². The Hall–Kier alpha value is -3.56. The Labute approximate surface area is 183 Å². The van der Waals surface area contributed by atoms with E-state index in [0.29, 0.717) is 11.3 Å². The van der Waals surface area contributed by atoms with Gasteiger partial charge in [0.25, 0.3) is 15.7 Å². The lowest BCUT2D eigenvalue weighted by Gasteiger charge is -2.09. The van der Waals surface area contributed by atoms with Crippen LogP contribution in [-0.4, -0.2) is 18.3 Å². The first-order valence-corrected chi connectivity index (χ1v) is 11.6. The van der Waals surface area contributed by atoms with Crippen molar-refractivity contribution >= 4 is 32.7 Å². The number of aryl methyl sites for hydroxylation is 1. The number of rotatable bonds is 6. The number of nitrogens with zero attached hydrogens (tertiary/aromatic N) is 2. The van der Waals surface area contributed by atoms with Crippen LogP contribution in [0.25, 0.3) is 21.8 Å². The summed E-state index contributed by atoms with van der Waals surface area (Å²) in [5, 5.41) is 13.9. The first-order valence-electron chi connectivity index (χ1n) is 9.23. The highest BCUT2D eigenvalue weighted by Gasteiger charge is 2.20. The van der Waals surface area contributed by atoms with Crippen LogP contribution in [0, 0.1) is 17.0 Å². The molecular formula is C22H17N3O4S2. The Bertz CT molecular complexity index is 1370. The molecule has 1 heterocycles. The standard InChI is InChI=1S/C22H17N3O4S2/c1-15-10-11-19(13-21(15)25(26)27)31(28,29)24-18-9-5-8-17(12-18)20-14-30-22(23-20)16-6-3-2-4-7-16/h2-14,24H,1H3. The number of nitro benzene ring substituents is 1. The van der Waals surface area contributed by atoms with Gasteiger partial charge < -0.3 is 0 Å². The Morgan fingerprint density at radius 2 is 1.71 bits per heavy atom. The predicted molar refractivity (Wildman–Crippen MR) is 122 cm³/mol. The second kappa shape index (κ2) is 8.29. The quantitative estimate of drug-likeness (QED) is 0.308. The number of anilines is 1. The summed E-state index contributed by atoms with van der Waals surface area (Å²) >= 11 is 1.51. The molecule has 0 atom stereocenters. The number of thiazole rings is 1. The van der Waals surface area contributed by atoms with Gasteiger partial charge >= 0.3 is 0 Å². The Kier molecular flexibility index (Phi) is 5.53. The number of aromatic nitrogens is 1. The normalized spacial score (nSPS) is 11.3. The second-order valence-corrected chi connectivity index (χ2v) is 9.34. The average Bonchev–Trinajstić information content (AvgIpc) is 3.25. The number of hydrogen-bond acceptors (Lipinski definition) is 6. The van der Waals surface area contributed by atoms with Crippen LogP contribution in [0.1, 0.15) is 5.56 Å². The maximum Gasteiger partial charge on any atom is 0.273 e. The van der Waals surface area contributed by atoms with Gasteiger partial charge in [-0.3, -0.25) is 14.8 Å². The third kappa shape index (κ3) is 4.47. The molecule has 0 saturated carbocycles. The highest BCUT2D eigenvalue weighted by molar-refractivity contribution is 7.92. The highest BCUT2D eigenvalue weighted by atomic mass is 32.2. The zero-order valence-corrected chi connectivity index (χ0v) is 18.0. The van der Waals surface area contributed by atoms with E-state index in [2.05, 4.69) is 9.71 Å². The molecule has 0 amide bonds. The zero-order valence-electron chi connectivity index (χ0n) is 16.3. The van der Waals surface area contributed by atoms with Gasteiger partial charge in [0.1, 0.15) is 5.01 Å².